The molecule has 0 heterocycles. The van der Waals surface area contributed by atoms with Crippen LogP contribution in [0.3, 0.4) is 0 Å². The Kier molecular flexibility index (Phi) is 3.14. The molecule has 0 amide bonds. The fraction of sp³-hybridized carbons (Fsp3) is 0.300. The number of hydrogen-bond donors (Lipinski definition) is 1. The zero-order valence-corrected chi connectivity index (χ0v) is 7.46. The lowest BCUT2D eigenvalue weighted by atomic mass is 10.0. The first-order valence-electron chi connectivity index (χ1n) is 4.10. The molecule has 0 radical (unpaired) electrons. The number of carbonyl (C=O) groups is 1. The van der Waals surface area contributed by atoms with E-state index in [0.29, 0.717) is 6.42 Å². The first-order valence-corrected chi connectivity index (χ1v) is 4.10. The van der Waals surface area contributed by atoms with Crippen molar-refractivity contribution in [2.75, 3.05) is 0 Å². The van der Waals surface area contributed by atoms with Crippen molar-refractivity contribution in [3.8, 4) is 0 Å². The van der Waals surface area contributed by atoms with E-state index in [1.54, 1.807) is 12.1 Å². The lowest BCUT2D eigenvalue weighted by molar-refractivity contribution is -0.118. The van der Waals surface area contributed by atoms with Crippen LogP contribution in [-0.4, -0.2) is 11.8 Å². The van der Waals surface area contributed by atoms with Gasteiger partial charge in [0.1, 0.15) is 11.6 Å². The van der Waals surface area contributed by atoms with Gasteiger partial charge in [-0.2, -0.15) is 0 Å². The van der Waals surface area contributed by atoms with Crippen LogP contribution in [0, 0.1) is 5.82 Å². The van der Waals surface area contributed by atoms with E-state index in [2.05, 4.69) is 0 Å². The molecular weight excluding hydrogens is 169 g/mol. The zero-order valence-electron chi connectivity index (χ0n) is 7.46. The number of ketones is 1. The summed E-state index contributed by atoms with van der Waals surface area (Å²) >= 11 is 0. The summed E-state index contributed by atoms with van der Waals surface area (Å²) in [5.41, 5.74) is 6.28. The highest BCUT2D eigenvalue weighted by molar-refractivity contribution is 5.81. The maximum atomic E-state index is 12.7. The SMILES string of the molecule is CC(=O)[C@@H](N)Cc1cccc(F)c1. The molecule has 3 heteroatoms. The number of rotatable bonds is 3. The molecule has 13 heavy (non-hydrogen) atoms. The number of carbonyl (C=O) groups excluding carboxylic acids is 1. The molecule has 0 unspecified atom stereocenters. The van der Waals surface area contributed by atoms with E-state index in [4.69, 9.17) is 5.73 Å². The van der Waals surface area contributed by atoms with Gasteiger partial charge in [-0.15, -0.1) is 0 Å². The van der Waals surface area contributed by atoms with E-state index >= 15 is 0 Å². The third kappa shape index (κ3) is 2.95. The van der Waals surface area contributed by atoms with Gasteiger partial charge in [-0.05, 0) is 31.0 Å². The summed E-state index contributed by atoms with van der Waals surface area (Å²) in [5.74, 6) is -0.377. The predicted octanol–water partition coefficient (Wildman–Crippen LogP) is 1.28. The van der Waals surface area contributed by atoms with Gasteiger partial charge in [0, 0.05) is 0 Å². The Morgan fingerprint density at radius 2 is 2.31 bits per heavy atom. The normalized spacial score (nSPS) is 12.5. The maximum absolute atomic E-state index is 12.7. The minimum atomic E-state index is -0.526. The minimum Gasteiger partial charge on any atom is -0.321 e. The maximum Gasteiger partial charge on any atom is 0.146 e. The second kappa shape index (κ2) is 4.14. The quantitative estimate of drug-likeness (QED) is 0.763. The fourth-order valence-corrected chi connectivity index (χ4v) is 1.06. The Balaban J connectivity index is 2.69. The Morgan fingerprint density at radius 1 is 1.62 bits per heavy atom. The van der Waals surface area contributed by atoms with Crippen molar-refractivity contribution in [3.05, 3.63) is 35.6 Å². The van der Waals surface area contributed by atoms with E-state index in [9.17, 15) is 9.18 Å². The summed E-state index contributed by atoms with van der Waals surface area (Å²) < 4.78 is 12.7. The lowest BCUT2D eigenvalue weighted by Gasteiger charge is -2.06. The second-order valence-electron chi connectivity index (χ2n) is 3.05. The third-order valence-electron chi connectivity index (χ3n) is 1.87. The van der Waals surface area contributed by atoms with Crippen LogP contribution in [0.5, 0.6) is 0 Å². The van der Waals surface area contributed by atoms with Crippen LogP contribution < -0.4 is 5.73 Å². The van der Waals surface area contributed by atoms with Crippen molar-refractivity contribution < 1.29 is 9.18 Å². The molecule has 0 spiro atoms. The molecule has 0 saturated heterocycles. The molecule has 0 saturated carbocycles. The van der Waals surface area contributed by atoms with Gasteiger partial charge in [0.25, 0.3) is 0 Å². The predicted molar refractivity (Wildman–Crippen MR) is 48.8 cm³/mol. The topological polar surface area (TPSA) is 43.1 Å². The molecule has 2 N–H and O–H groups in total. The van der Waals surface area contributed by atoms with Crippen LogP contribution in [0.25, 0.3) is 0 Å². The van der Waals surface area contributed by atoms with Crippen molar-refractivity contribution in [3.63, 3.8) is 0 Å². The average molecular weight is 181 g/mol. The molecule has 1 aromatic rings. The van der Waals surface area contributed by atoms with Crippen LogP contribution in [0.15, 0.2) is 24.3 Å². The summed E-state index contributed by atoms with van der Waals surface area (Å²) in [6.45, 7) is 1.43. The minimum absolute atomic E-state index is 0.0794. The number of hydrogen-bond acceptors (Lipinski definition) is 2. The number of benzene rings is 1. The van der Waals surface area contributed by atoms with Crippen molar-refractivity contribution in [1.29, 1.82) is 0 Å². The lowest BCUT2D eigenvalue weighted by Crippen LogP contribution is -2.30. The molecule has 0 aromatic heterocycles. The van der Waals surface area contributed by atoms with E-state index in [1.165, 1.54) is 19.1 Å². The standard InChI is InChI=1S/C10H12FNO/c1-7(13)10(12)6-8-3-2-4-9(11)5-8/h2-5,10H,6,12H2,1H3/t10-/m0/s1. The summed E-state index contributed by atoms with van der Waals surface area (Å²) in [6.07, 6.45) is 0.396. The average Bonchev–Trinajstić information content (AvgIpc) is 2.04. The molecular formula is C10H12FNO. The van der Waals surface area contributed by atoms with Crippen molar-refractivity contribution in [2.45, 2.75) is 19.4 Å². The monoisotopic (exact) mass is 181 g/mol. The summed E-state index contributed by atoms with van der Waals surface area (Å²) in [6, 6.07) is 5.59. The van der Waals surface area contributed by atoms with Crippen LogP contribution >= 0.6 is 0 Å². The number of nitrogens with two attached hydrogens (primary N) is 1. The van der Waals surface area contributed by atoms with Gasteiger partial charge in [-0.1, -0.05) is 12.1 Å². The van der Waals surface area contributed by atoms with Crippen LogP contribution in [0.2, 0.25) is 0 Å². The Bertz CT molecular complexity index is 312. The highest BCUT2D eigenvalue weighted by Gasteiger charge is 2.08. The summed E-state index contributed by atoms with van der Waals surface area (Å²) in [7, 11) is 0. The molecule has 1 rings (SSSR count). The van der Waals surface area contributed by atoms with Gasteiger partial charge in [0.2, 0.25) is 0 Å². The van der Waals surface area contributed by atoms with E-state index < -0.39 is 6.04 Å². The molecule has 0 bridgehead atoms. The molecule has 2 nitrogen and oxygen atoms in total. The van der Waals surface area contributed by atoms with Gasteiger partial charge >= 0.3 is 0 Å². The molecule has 0 aliphatic carbocycles. The van der Waals surface area contributed by atoms with Gasteiger partial charge in [-0.25, -0.2) is 4.39 Å². The van der Waals surface area contributed by atoms with E-state index in [0.717, 1.165) is 5.56 Å². The van der Waals surface area contributed by atoms with Crippen LogP contribution in [0.4, 0.5) is 4.39 Å². The molecule has 1 aromatic carbocycles. The first kappa shape index (κ1) is 9.86. The van der Waals surface area contributed by atoms with Gasteiger partial charge in [-0.3, -0.25) is 4.79 Å². The molecule has 0 aliphatic heterocycles. The smallest absolute Gasteiger partial charge is 0.146 e. The third-order valence-corrected chi connectivity index (χ3v) is 1.87. The van der Waals surface area contributed by atoms with Crippen LogP contribution in [-0.2, 0) is 11.2 Å². The molecule has 0 aliphatic rings. The van der Waals surface area contributed by atoms with Gasteiger partial charge in [0.05, 0.1) is 6.04 Å². The summed E-state index contributed by atoms with van der Waals surface area (Å²) in [5, 5.41) is 0. The fourth-order valence-electron chi connectivity index (χ4n) is 1.06. The van der Waals surface area contributed by atoms with E-state index in [-0.39, 0.29) is 11.6 Å². The van der Waals surface area contributed by atoms with Crippen molar-refractivity contribution in [2.24, 2.45) is 5.73 Å². The zero-order chi connectivity index (χ0) is 9.84. The Labute approximate surface area is 76.6 Å². The Morgan fingerprint density at radius 3 is 2.85 bits per heavy atom. The van der Waals surface area contributed by atoms with E-state index in [1.807, 2.05) is 0 Å². The van der Waals surface area contributed by atoms with Gasteiger partial charge < -0.3 is 5.73 Å². The van der Waals surface area contributed by atoms with Crippen LogP contribution in [0.1, 0.15) is 12.5 Å². The van der Waals surface area contributed by atoms with Gasteiger partial charge in [0.15, 0.2) is 0 Å². The molecule has 1 atom stereocenters. The Hall–Kier alpha value is -1.22. The van der Waals surface area contributed by atoms with Crippen molar-refractivity contribution >= 4 is 5.78 Å². The molecule has 70 valence electrons. The number of halogens is 1. The first-order chi connectivity index (χ1) is 6.09. The summed E-state index contributed by atoms with van der Waals surface area (Å²) in [4.78, 5) is 10.8. The van der Waals surface area contributed by atoms with Crippen molar-refractivity contribution in [1.82, 2.24) is 0 Å². The highest BCUT2D eigenvalue weighted by atomic mass is 19.1. The number of Topliss-reactive ketones (excluding diaryl/α,β-unsaturated/α-hetero) is 1. The molecule has 0 fully saturated rings. The second-order valence-corrected chi connectivity index (χ2v) is 3.05. The highest BCUT2D eigenvalue weighted by Crippen LogP contribution is 2.05. The largest absolute Gasteiger partial charge is 0.321 e.